The zero-order valence-corrected chi connectivity index (χ0v) is 12.7. The Bertz CT molecular complexity index is 455. The lowest BCUT2D eigenvalue weighted by Gasteiger charge is -2.14. The van der Waals surface area contributed by atoms with Crippen molar-refractivity contribution in [1.29, 1.82) is 0 Å². The number of hydrogen-bond donors (Lipinski definition) is 1. The fraction of sp³-hybridized carbons (Fsp3) is 0.231. The third-order valence-corrected chi connectivity index (χ3v) is 5.56. The molecule has 0 bridgehead atoms. The zero-order chi connectivity index (χ0) is 12.1. The van der Waals surface area contributed by atoms with Crippen LogP contribution >= 0.6 is 39.0 Å². The van der Waals surface area contributed by atoms with Crippen molar-refractivity contribution in [1.82, 2.24) is 5.32 Å². The first-order valence-electron chi connectivity index (χ1n) is 5.39. The smallest absolute Gasteiger partial charge is 0.0519 e. The van der Waals surface area contributed by atoms with Crippen molar-refractivity contribution in [3.8, 4) is 0 Å². The van der Waals surface area contributed by atoms with Gasteiger partial charge in [0.15, 0.2) is 0 Å². The number of rotatable bonds is 5. The molecule has 1 N–H and O–H groups in total. The fourth-order valence-corrected chi connectivity index (χ4v) is 4.45. The largest absolute Gasteiger partial charge is 0.312 e. The summed E-state index contributed by atoms with van der Waals surface area (Å²) in [5.74, 6) is 1.04. The summed E-state index contributed by atoms with van der Waals surface area (Å²) < 4.78 is 1.20. The van der Waals surface area contributed by atoms with Crippen LogP contribution < -0.4 is 5.32 Å². The van der Waals surface area contributed by atoms with E-state index in [0.717, 1.165) is 5.75 Å². The molecule has 0 amide bonds. The van der Waals surface area contributed by atoms with Gasteiger partial charge < -0.3 is 5.32 Å². The molecular weight excluding hydrogens is 314 g/mol. The van der Waals surface area contributed by atoms with E-state index in [0.29, 0.717) is 6.04 Å². The molecule has 0 fully saturated rings. The number of halogens is 1. The van der Waals surface area contributed by atoms with Gasteiger partial charge >= 0.3 is 0 Å². The average molecular weight is 328 g/mol. The molecule has 0 saturated heterocycles. The molecule has 0 spiro atoms. The molecule has 1 aromatic heterocycles. The Hall–Kier alpha value is -0.290. The van der Waals surface area contributed by atoms with Gasteiger partial charge in [0.2, 0.25) is 0 Å². The van der Waals surface area contributed by atoms with Crippen LogP contribution in [0.25, 0.3) is 0 Å². The lowest BCUT2D eigenvalue weighted by Crippen LogP contribution is -2.17. The molecular formula is C13H14BrNS2. The monoisotopic (exact) mass is 327 g/mol. The second-order valence-electron chi connectivity index (χ2n) is 3.60. The summed E-state index contributed by atoms with van der Waals surface area (Å²) in [7, 11) is 2.02. The maximum atomic E-state index is 3.60. The van der Waals surface area contributed by atoms with Crippen molar-refractivity contribution >= 4 is 39.0 Å². The molecule has 0 saturated carbocycles. The Morgan fingerprint density at radius 3 is 2.65 bits per heavy atom. The number of nitrogens with one attached hydrogen (secondary N) is 1. The van der Waals surface area contributed by atoms with E-state index >= 15 is 0 Å². The Morgan fingerprint density at radius 1 is 1.29 bits per heavy atom. The third kappa shape index (κ3) is 3.58. The van der Waals surface area contributed by atoms with Crippen molar-refractivity contribution in [2.45, 2.75) is 10.9 Å². The summed E-state index contributed by atoms with van der Waals surface area (Å²) in [5, 5.41) is 5.50. The van der Waals surface area contributed by atoms with Gasteiger partial charge in [0.1, 0.15) is 0 Å². The first-order valence-corrected chi connectivity index (χ1v) is 8.05. The van der Waals surface area contributed by atoms with Crippen LogP contribution in [-0.4, -0.2) is 12.8 Å². The molecule has 1 nitrogen and oxygen atoms in total. The van der Waals surface area contributed by atoms with E-state index in [-0.39, 0.29) is 0 Å². The zero-order valence-electron chi connectivity index (χ0n) is 9.52. The highest BCUT2D eigenvalue weighted by Crippen LogP contribution is 2.32. The lowest BCUT2D eigenvalue weighted by molar-refractivity contribution is 0.671. The predicted molar refractivity (Wildman–Crippen MR) is 81.0 cm³/mol. The van der Waals surface area contributed by atoms with Crippen LogP contribution in [0.15, 0.2) is 51.1 Å². The fourth-order valence-electron chi connectivity index (χ4n) is 1.54. The Morgan fingerprint density at radius 2 is 2.06 bits per heavy atom. The van der Waals surface area contributed by atoms with E-state index in [9.17, 15) is 0 Å². The standard InChI is InChI=1S/C13H14BrNS2/c1-15-12(13-11(14)7-8-16-13)9-17-10-5-3-2-4-6-10/h2-8,12,15H,9H2,1H3. The first kappa shape index (κ1) is 13.1. The topological polar surface area (TPSA) is 12.0 Å². The molecule has 0 aliphatic heterocycles. The predicted octanol–water partition coefficient (Wildman–Crippen LogP) is 4.56. The highest BCUT2D eigenvalue weighted by atomic mass is 79.9. The highest BCUT2D eigenvalue weighted by Gasteiger charge is 2.14. The molecule has 0 radical (unpaired) electrons. The van der Waals surface area contributed by atoms with Gasteiger partial charge in [0.25, 0.3) is 0 Å². The number of hydrogen-bond acceptors (Lipinski definition) is 3. The van der Waals surface area contributed by atoms with Crippen LogP contribution in [-0.2, 0) is 0 Å². The number of benzene rings is 1. The van der Waals surface area contributed by atoms with Crippen molar-refractivity contribution in [3.63, 3.8) is 0 Å². The Labute approximate surface area is 119 Å². The van der Waals surface area contributed by atoms with Crippen molar-refractivity contribution in [2.24, 2.45) is 0 Å². The molecule has 4 heteroatoms. The second kappa shape index (κ2) is 6.59. The summed E-state index contributed by atoms with van der Waals surface area (Å²) in [4.78, 5) is 2.69. The number of thioether (sulfide) groups is 1. The normalized spacial score (nSPS) is 12.6. The second-order valence-corrected chi connectivity index (χ2v) is 6.49. The molecule has 1 atom stereocenters. The van der Waals surface area contributed by atoms with Crippen LogP contribution in [0.5, 0.6) is 0 Å². The van der Waals surface area contributed by atoms with Gasteiger partial charge in [0.05, 0.1) is 6.04 Å². The summed E-state index contributed by atoms with van der Waals surface area (Å²) >= 11 is 7.27. The average Bonchev–Trinajstić information content (AvgIpc) is 2.78. The number of thiophene rings is 1. The maximum Gasteiger partial charge on any atom is 0.0519 e. The van der Waals surface area contributed by atoms with Gasteiger partial charge in [0, 0.05) is 20.0 Å². The van der Waals surface area contributed by atoms with Gasteiger partial charge in [-0.1, -0.05) is 18.2 Å². The Kier molecular flexibility index (Phi) is 5.10. The molecule has 1 heterocycles. The van der Waals surface area contributed by atoms with Gasteiger partial charge in [-0.2, -0.15) is 0 Å². The molecule has 90 valence electrons. The molecule has 17 heavy (non-hydrogen) atoms. The molecule has 2 aromatic rings. The lowest BCUT2D eigenvalue weighted by atomic mass is 10.3. The SMILES string of the molecule is CNC(CSc1ccccc1)c1sccc1Br. The van der Waals surface area contributed by atoms with Crippen molar-refractivity contribution in [3.05, 3.63) is 51.1 Å². The summed E-state index contributed by atoms with van der Waals surface area (Å²) in [5.41, 5.74) is 0. The van der Waals surface area contributed by atoms with E-state index < -0.39 is 0 Å². The third-order valence-electron chi connectivity index (χ3n) is 2.47. The van der Waals surface area contributed by atoms with E-state index in [1.807, 2.05) is 18.8 Å². The quantitative estimate of drug-likeness (QED) is 0.807. The van der Waals surface area contributed by atoms with Crippen molar-refractivity contribution < 1.29 is 0 Å². The Balaban J connectivity index is 2.00. The van der Waals surface area contributed by atoms with Gasteiger partial charge in [-0.05, 0) is 46.6 Å². The van der Waals surface area contributed by atoms with Crippen LogP contribution in [0.4, 0.5) is 0 Å². The van der Waals surface area contributed by atoms with Crippen LogP contribution in [0.1, 0.15) is 10.9 Å². The van der Waals surface area contributed by atoms with Crippen LogP contribution in [0.3, 0.4) is 0 Å². The molecule has 1 unspecified atom stereocenters. The van der Waals surface area contributed by atoms with Crippen LogP contribution in [0, 0.1) is 0 Å². The van der Waals surface area contributed by atoms with Crippen molar-refractivity contribution in [2.75, 3.05) is 12.8 Å². The maximum absolute atomic E-state index is 3.60. The molecule has 2 rings (SSSR count). The van der Waals surface area contributed by atoms with Gasteiger partial charge in [-0.15, -0.1) is 23.1 Å². The van der Waals surface area contributed by atoms with E-state index in [2.05, 4.69) is 63.0 Å². The van der Waals surface area contributed by atoms with E-state index in [1.54, 1.807) is 11.3 Å². The molecule has 0 aliphatic carbocycles. The minimum Gasteiger partial charge on any atom is -0.312 e. The minimum absolute atomic E-state index is 0.398. The first-order chi connectivity index (χ1) is 8.31. The van der Waals surface area contributed by atoms with Gasteiger partial charge in [-0.3, -0.25) is 0 Å². The van der Waals surface area contributed by atoms with E-state index in [4.69, 9.17) is 0 Å². The van der Waals surface area contributed by atoms with Gasteiger partial charge in [-0.25, -0.2) is 0 Å². The summed E-state index contributed by atoms with van der Waals surface area (Å²) in [6.45, 7) is 0. The highest BCUT2D eigenvalue weighted by molar-refractivity contribution is 9.10. The van der Waals surface area contributed by atoms with Crippen LogP contribution in [0.2, 0.25) is 0 Å². The minimum atomic E-state index is 0.398. The van der Waals surface area contributed by atoms with E-state index in [1.165, 1.54) is 14.2 Å². The summed E-state index contributed by atoms with van der Waals surface area (Å²) in [6, 6.07) is 13.0. The summed E-state index contributed by atoms with van der Waals surface area (Å²) in [6.07, 6.45) is 0. The molecule has 1 aromatic carbocycles. The molecule has 0 aliphatic rings.